The molecule has 1 N–H and O–H groups in total. The molecule has 0 radical (unpaired) electrons. The summed E-state index contributed by atoms with van der Waals surface area (Å²) in [6, 6.07) is 8.13. The van der Waals surface area contributed by atoms with E-state index >= 15 is 0 Å². The van der Waals surface area contributed by atoms with Gasteiger partial charge in [0.2, 0.25) is 0 Å². The highest BCUT2D eigenvalue weighted by Gasteiger charge is 2.39. The molecule has 2 fully saturated rings. The Labute approximate surface area is 120 Å². The SMILES string of the molecule is C/C(Cc1ccc(OCC2CC3CCC2C3)cc1)=N/O. The molecule has 1 aromatic rings. The fourth-order valence-corrected chi connectivity index (χ4v) is 3.82. The van der Waals surface area contributed by atoms with Gasteiger partial charge in [0, 0.05) is 6.42 Å². The molecular formula is C17H23NO2. The molecule has 108 valence electrons. The Morgan fingerprint density at radius 3 is 2.65 bits per heavy atom. The fraction of sp³-hybridized carbons (Fsp3) is 0.588. The van der Waals surface area contributed by atoms with Crippen LogP contribution in [-0.2, 0) is 6.42 Å². The molecule has 2 aliphatic carbocycles. The zero-order valence-electron chi connectivity index (χ0n) is 12.1. The van der Waals surface area contributed by atoms with Crippen molar-refractivity contribution < 1.29 is 9.94 Å². The summed E-state index contributed by atoms with van der Waals surface area (Å²) in [5.41, 5.74) is 1.87. The van der Waals surface area contributed by atoms with E-state index in [2.05, 4.69) is 5.16 Å². The third-order valence-electron chi connectivity index (χ3n) is 4.90. The Morgan fingerprint density at radius 1 is 1.25 bits per heavy atom. The molecule has 0 spiro atoms. The highest BCUT2D eigenvalue weighted by molar-refractivity contribution is 5.83. The lowest BCUT2D eigenvalue weighted by atomic mass is 9.89. The third-order valence-corrected chi connectivity index (χ3v) is 4.90. The monoisotopic (exact) mass is 273 g/mol. The number of benzene rings is 1. The summed E-state index contributed by atoms with van der Waals surface area (Å²) in [6.45, 7) is 2.69. The van der Waals surface area contributed by atoms with Crippen molar-refractivity contribution in [1.82, 2.24) is 0 Å². The number of hydrogen-bond acceptors (Lipinski definition) is 3. The lowest BCUT2D eigenvalue weighted by Gasteiger charge is -2.21. The highest BCUT2D eigenvalue weighted by Crippen LogP contribution is 2.48. The zero-order chi connectivity index (χ0) is 13.9. The molecule has 2 aliphatic rings. The van der Waals surface area contributed by atoms with E-state index in [9.17, 15) is 0 Å². The Kier molecular flexibility index (Phi) is 3.95. The van der Waals surface area contributed by atoms with Gasteiger partial charge in [-0.2, -0.15) is 0 Å². The van der Waals surface area contributed by atoms with E-state index < -0.39 is 0 Å². The van der Waals surface area contributed by atoms with Crippen LogP contribution in [-0.4, -0.2) is 17.5 Å². The predicted molar refractivity (Wildman–Crippen MR) is 79.5 cm³/mol. The first-order valence-corrected chi connectivity index (χ1v) is 7.64. The summed E-state index contributed by atoms with van der Waals surface area (Å²) in [4.78, 5) is 0. The fourth-order valence-electron chi connectivity index (χ4n) is 3.82. The maximum atomic E-state index is 8.67. The van der Waals surface area contributed by atoms with Crippen LogP contribution in [0.15, 0.2) is 29.4 Å². The van der Waals surface area contributed by atoms with Crippen LogP contribution in [0.5, 0.6) is 5.75 Å². The number of ether oxygens (including phenoxy) is 1. The number of rotatable bonds is 5. The first-order chi connectivity index (χ1) is 9.74. The molecule has 3 atom stereocenters. The van der Waals surface area contributed by atoms with E-state index in [1.807, 2.05) is 31.2 Å². The van der Waals surface area contributed by atoms with Gasteiger partial charge in [-0.05, 0) is 61.6 Å². The van der Waals surface area contributed by atoms with Gasteiger partial charge in [-0.3, -0.25) is 0 Å². The van der Waals surface area contributed by atoms with Crippen molar-refractivity contribution in [3.05, 3.63) is 29.8 Å². The molecule has 0 saturated heterocycles. The average molecular weight is 273 g/mol. The van der Waals surface area contributed by atoms with Crippen LogP contribution < -0.4 is 4.74 Å². The molecule has 3 rings (SSSR count). The first kappa shape index (κ1) is 13.5. The van der Waals surface area contributed by atoms with Crippen molar-refractivity contribution in [2.45, 2.75) is 39.0 Å². The van der Waals surface area contributed by atoms with E-state index in [1.165, 1.54) is 25.7 Å². The van der Waals surface area contributed by atoms with Crippen LogP contribution in [0.3, 0.4) is 0 Å². The van der Waals surface area contributed by atoms with Gasteiger partial charge in [-0.1, -0.05) is 23.7 Å². The smallest absolute Gasteiger partial charge is 0.119 e. The van der Waals surface area contributed by atoms with Crippen LogP contribution in [0.4, 0.5) is 0 Å². The van der Waals surface area contributed by atoms with Crippen molar-refractivity contribution in [2.24, 2.45) is 22.9 Å². The Bertz CT molecular complexity index is 480. The van der Waals surface area contributed by atoms with Gasteiger partial charge < -0.3 is 9.94 Å². The molecule has 0 aliphatic heterocycles. The molecule has 2 bridgehead atoms. The van der Waals surface area contributed by atoms with Gasteiger partial charge in [-0.25, -0.2) is 0 Å². The second kappa shape index (κ2) is 5.86. The van der Waals surface area contributed by atoms with Crippen molar-refractivity contribution in [3.63, 3.8) is 0 Å². The van der Waals surface area contributed by atoms with E-state index in [1.54, 1.807) is 0 Å². The van der Waals surface area contributed by atoms with Crippen molar-refractivity contribution >= 4 is 5.71 Å². The minimum Gasteiger partial charge on any atom is -0.493 e. The molecule has 3 heteroatoms. The normalized spacial score (nSPS) is 28.9. The summed E-state index contributed by atoms with van der Waals surface area (Å²) in [7, 11) is 0. The third kappa shape index (κ3) is 2.97. The van der Waals surface area contributed by atoms with Gasteiger partial charge in [0.05, 0.1) is 12.3 Å². The topological polar surface area (TPSA) is 41.8 Å². The Balaban J connectivity index is 1.51. The summed E-state index contributed by atoms with van der Waals surface area (Å²) in [5.74, 6) is 3.63. The summed E-state index contributed by atoms with van der Waals surface area (Å²) < 4.78 is 5.95. The van der Waals surface area contributed by atoms with Crippen molar-refractivity contribution in [3.8, 4) is 5.75 Å². The van der Waals surface area contributed by atoms with Crippen LogP contribution in [0.2, 0.25) is 0 Å². The van der Waals surface area contributed by atoms with Gasteiger partial charge in [0.1, 0.15) is 5.75 Å². The molecule has 3 unspecified atom stereocenters. The number of hydrogen-bond donors (Lipinski definition) is 1. The second-order valence-corrected chi connectivity index (χ2v) is 6.40. The standard InChI is InChI=1S/C17H23NO2/c1-12(18-19)8-13-3-6-17(7-4-13)20-11-16-10-14-2-5-15(16)9-14/h3-4,6-7,14-16,19H,2,5,8-11H2,1H3/b18-12-. The average Bonchev–Trinajstić information content (AvgIpc) is 3.09. The highest BCUT2D eigenvalue weighted by atomic mass is 16.5. The summed E-state index contributed by atoms with van der Waals surface area (Å²) in [5, 5.41) is 11.9. The molecule has 2 saturated carbocycles. The van der Waals surface area contributed by atoms with Crippen LogP contribution in [0, 0.1) is 17.8 Å². The maximum absolute atomic E-state index is 8.67. The van der Waals surface area contributed by atoms with E-state index in [0.29, 0.717) is 6.42 Å². The first-order valence-electron chi connectivity index (χ1n) is 7.64. The van der Waals surface area contributed by atoms with Crippen LogP contribution in [0.1, 0.15) is 38.2 Å². The number of oxime groups is 1. The molecule has 3 nitrogen and oxygen atoms in total. The van der Waals surface area contributed by atoms with Crippen LogP contribution in [0.25, 0.3) is 0 Å². The lowest BCUT2D eigenvalue weighted by molar-refractivity contribution is 0.195. The van der Waals surface area contributed by atoms with Gasteiger partial charge in [-0.15, -0.1) is 0 Å². The largest absolute Gasteiger partial charge is 0.493 e. The maximum Gasteiger partial charge on any atom is 0.119 e. The molecule has 1 aromatic carbocycles. The summed E-state index contributed by atoms with van der Waals surface area (Å²) >= 11 is 0. The predicted octanol–water partition coefficient (Wildman–Crippen LogP) is 3.89. The summed E-state index contributed by atoms with van der Waals surface area (Å²) in [6.07, 6.45) is 6.35. The van der Waals surface area contributed by atoms with Gasteiger partial charge >= 0.3 is 0 Å². The number of fused-ring (bicyclic) bond motifs is 2. The molecule has 20 heavy (non-hydrogen) atoms. The molecular weight excluding hydrogens is 250 g/mol. The van der Waals surface area contributed by atoms with Gasteiger partial charge in [0.15, 0.2) is 0 Å². The van der Waals surface area contributed by atoms with Crippen molar-refractivity contribution in [1.29, 1.82) is 0 Å². The molecule has 0 amide bonds. The van der Waals surface area contributed by atoms with Crippen molar-refractivity contribution in [2.75, 3.05) is 6.61 Å². The number of nitrogens with zero attached hydrogens (tertiary/aromatic N) is 1. The minimum absolute atomic E-state index is 0.684. The zero-order valence-corrected chi connectivity index (χ0v) is 12.1. The van der Waals surface area contributed by atoms with E-state index in [-0.39, 0.29) is 0 Å². The Morgan fingerprint density at radius 2 is 2.05 bits per heavy atom. The second-order valence-electron chi connectivity index (χ2n) is 6.40. The van der Waals surface area contributed by atoms with Crippen LogP contribution >= 0.6 is 0 Å². The Hall–Kier alpha value is -1.51. The quantitative estimate of drug-likeness (QED) is 0.502. The van der Waals surface area contributed by atoms with Gasteiger partial charge in [0.25, 0.3) is 0 Å². The molecule has 0 heterocycles. The molecule has 0 aromatic heterocycles. The van der Waals surface area contributed by atoms with E-state index in [0.717, 1.165) is 41.4 Å². The lowest BCUT2D eigenvalue weighted by Crippen LogP contribution is -2.18. The minimum atomic E-state index is 0.684. The van der Waals surface area contributed by atoms with E-state index in [4.69, 9.17) is 9.94 Å².